The lowest BCUT2D eigenvalue weighted by Crippen LogP contribution is -2.59. The molecule has 0 bridgehead atoms. The molecular weight excluding hydrogens is 234 g/mol. The maximum atomic E-state index is 12.2. The predicted molar refractivity (Wildman–Crippen MR) is 63.2 cm³/mol. The number of hydrogen-bond acceptors (Lipinski definition) is 4. The molecule has 7 heteroatoms. The second-order valence-corrected chi connectivity index (χ2v) is 4.78. The summed E-state index contributed by atoms with van der Waals surface area (Å²) in [6.07, 6.45) is 1.43. The molecule has 1 atom stereocenters. The molecule has 1 saturated heterocycles. The molecule has 1 aromatic heterocycles. The van der Waals surface area contributed by atoms with E-state index in [1.54, 1.807) is 11.7 Å². The average Bonchev–Trinajstić information content (AvgIpc) is 2.69. The Hall–Kier alpha value is -1.92. The van der Waals surface area contributed by atoms with Crippen molar-refractivity contribution in [3.8, 4) is 0 Å². The summed E-state index contributed by atoms with van der Waals surface area (Å²) < 4.78 is 1.60. The summed E-state index contributed by atoms with van der Waals surface area (Å²) in [7, 11) is 1.76. The third-order valence-corrected chi connectivity index (χ3v) is 3.03. The van der Waals surface area contributed by atoms with Crippen molar-refractivity contribution in [1.29, 1.82) is 0 Å². The van der Waals surface area contributed by atoms with Crippen molar-refractivity contribution in [3.63, 3.8) is 0 Å². The quantitative estimate of drug-likeness (QED) is 0.770. The summed E-state index contributed by atoms with van der Waals surface area (Å²) in [5, 5.41) is 6.66. The van der Waals surface area contributed by atoms with Crippen LogP contribution < -0.4 is 5.32 Å². The first-order valence-electron chi connectivity index (χ1n) is 5.90. The number of piperazine rings is 1. The zero-order valence-corrected chi connectivity index (χ0v) is 10.8. The van der Waals surface area contributed by atoms with Gasteiger partial charge in [0.15, 0.2) is 0 Å². The van der Waals surface area contributed by atoms with Gasteiger partial charge in [0.2, 0.25) is 11.8 Å². The minimum Gasteiger partial charge on any atom is -0.343 e. The van der Waals surface area contributed by atoms with Gasteiger partial charge in [-0.1, -0.05) is 13.8 Å². The Morgan fingerprint density at radius 3 is 2.78 bits per heavy atom. The van der Waals surface area contributed by atoms with Crippen molar-refractivity contribution >= 4 is 11.8 Å². The molecule has 2 heterocycles. The van der Waals surface area contributed by atoms with Crippen molar-refractivity contribution in [3.05, 3.63) is 12.2 Å². The lowest BCUT2D eigenvalue weighted by Gasteiger charge is -2.34. The monoisotopic (exact) mass is 251 g/mol. The molecule has 1 aliphatic heterocycles. The van der Waals surface area contributed by atoms with Gasteiger partial charge in [-0.3, -0.25) is 14.3 Å². The zero-order valence-electron chi connectivity index (χ0n) is 10.8. The van der Waals surface area contributed by atoms with E-state index in [2.05, 4.69) is 15.4 Å². The van der Waals surface area contributed by atoms with Crippen molar-refractivity contribution < 1.29 is 9.59 Å². The van der Waals surface area contributed by atoms with E-state index in [1.807, 2.05) is 13.8 Å². The van der Waals surface area contributed by atoms with Gasteiger partial charge in [0.25, 0.3) is 0 Å². The summed E-state index contributed by atoms with van der Waals surface area (Å²) in [5.41, 5.74) is 0. The van der Waals surface area contributed by atoms with E-state index in [0.717, 1.165) is 0 Å². The van der Waals surface area contributed by atoms with Crippen LogP contribution in [0.4, 0.5) is 0 Å². The molecule has 0 aliphatic carbocycles. The fraction of sp³-hybridized carbons (Fsp3) is 0.636. The number of aryl methyl sites for hydroxylation is 1. The molecule has 1 fully saturated rings. The van der Waals surface area contributed by atoms with Gasteiger partial charge in [0.1, 0.15) is 24.7 Å². The molecule has 1 unspecified atom stereocenters. The van der Waals surface area contributed by atoms with Gasteiger partial charge in [-0.25, -0.2) is 4.98 Å². The molecule has 0 radical (unpaired) electrons. The highest BCUT2D eigenvalue weighted by Gasteiger charge is 2.34. The van der Waals surface area contributed by atoms with Crippen LogP contribution in [0.2, 0.25) is 0 Å². The number of amides is 2. The number of carbonyl (C=O) groups excluding carboxylic acids is 2. The van der Waals surface area contributed by atoms with Crippen LogP contribution in [-0.4, -0.2) is 44.1 Å². The van der Waals surface area contributed by atoms with Crippen LogP contribution in [0.25, 0.3) is 0 Å². The minimum absolute atomic E-state index is 0.0624. The lowest BCUT2D eigenvalue weighted by atomic mass is 10.0. The second-order valence-electron chi connectivity index (χ2n) is 4.78. The number of nitrogens with one attached hydrogen (secondary N) is 1. The maximum absolute atomic E-state index is 12.2. The van der Waals surface area contributed by atoms with Gasteiger partial charge >= 0.3 is 0 Å². The van der Waals surface area contributed by atoms with Crippen LogP contribution in [-0.2, 0) is 23.2 Å². The third-order valence-electron chi connectivity index (χ3n) is 3.03. The molecule has 0 aromatic carbocycles. The van der Waals surface area contributed by atoms with Gasteiger partial charge in [0.05, 0.1) is 6.54 Å². The van der Waals surface area contributed by atoms with E-state index in [1.165, 1.54) is 11.2 Å². The highest BCUT2D eigenvalue weighted by atomic mass is 16.2. The third kappa shape index (κ3) is 2.34. The van der Waals surface area contributed by atoms with Crippen LogP contribution in [0.1, 0.15) is 19.7 Å². The molecule has 2 amide bonds. The Morgan fingerprint density at radius 1 is 1.50 bits per heavy atom. The van der Waals surface area contributed by atoms with Gasteiger partial charge in [0, 0.05) is 7.05 Å². The summed E-state index contributed by atoms with van der Waals surface area (Å²) in [6.45, 7) is 4.21. The number of carbonyl (C=O) groups is 2. The minimum atomic E-state index is -0.445. The average molecular weight is 251 g/mol. The van der Waals surface area contributed by atoms with Crippen LogP contribution in [0.3, 0.4) is 0 Å². The van der Waals surface area contributed by atoms with Gasteiger partial charge < -0.3 is 10.2 Å². The van der Waals surface area contributed by atoms with Crippen LogP contribution >= 0.6 is 0 Å². The Labute approximate surface area is 105 Å². The summed E-state index contributed by atoms with van der Waals surface area (Å²) in [4.78, 5) is 29.4. The van der Waals surface area contributed by atoms with Gasteiger partial charge in [-0.05, 0) is 5.92 Å². The standard InChI is InChI=1S/C11H17N5O2/c1-7(2)10-11(18)16(5-9(17)14-10)4-8-12-6-13-15(8)3/h6-7,10H,4-5H2,1-3H3,(H,14,17). The van der Waals surface area contributed by atoms with E-state index in [0.29, 0.717) is 12.4 Å². The Balaban J connectivity index is 2.14. The Kier molecular flexibility index (Phi) is 3.31. The summed E-state index contributed by atoms with van der Waals surface area (Å²) in [6, 6.07) is -0.445. The van der Waals surface area contributed by atoms with Crippen LogP contribution in [0, 0.1) is 5.92 Å². The molecule has 1 aromatic rings. The van der Waals surface area contributed by atoms with Crippen LogP contribution in [0.15, 0.2) is 6.33 Å². The predicted octanol–water partition coefficient (Wildman–Crippen LogP) is -0.702. The van der Waals surface area contributed by atoms with E-state index in [9.17, 15) is 9.59 Å². The first kappa shape index (κ1) is 12.5. The summed E-state index contributed by atoms with van der Waals surface area (Å²) >= 11 is 0. The molecular formula is C11H17N5O2. The first-order chi connectivity index (χ1) is 8.49. The normalized spacial score (nSPS) is 20.4. The number of nitrogens with zero attached hydrogens (tertiary/aromatic N) is 4. The fourth-order valence-electron chi connectivity index (χ4n) is 1.95. The first-order valence-corrected chi connectivity index (χ1v) is 5.90. The largest absolute Gasteiger partial charge is 0.343 e. The molecule has 1 N–H and O–H groups in total. The van der Waals surface area contributed by atoms with Gasteiger partial charge in [-0.2, -0.15) is 5.10 Å². The van der Waals surface area contributed by atoms with E-state index in [-0.39, 0.29) is 24.3 Å². The fourth-order valence-corrected chi connectivity index (χ4v) is 1.95. The molecule has 7 nitrogen and oxygen atoms in total. The molecule has 18 heavy (non-hydrogen) atoms. The highest BCUT2D eigenvalue weighted by Crippen LogP contribution is 2.12. The molecule has 98 valence electrons. The SMILES string of the molecule is CC(C)C1NC(=O)CN(Cc2ncnn2C)C1=O. The lowest BCUT2D eigenvalue weighted by molar-refractivity contribution is -0.146. The summed E-state index contributed by atoms with van der Waals surface area (Å²) in [5.74, 6) is 0.548. The molecule has 0 saturated carbocycles. The second kappa shape index (κ2) is 4.75. The van der Waals surface area contributed by atoms with Gasteiger partial charge in [-0.15, -0.1) is 0 Å². The Morgan fingerprint density at radius 2 is 2.22 bits per heavy atom. The zero-order chi connectivity index (χ0) is 13.3. The molecule has 0 spiro atoms. The molecule has 2 rings (SSSR count). The number of aromatic nitrogens is 3. The van der Waals surface area contributed by atoms with Crippen LogP contribution in [0.5, 0.6) is 0 Å². The van der Waals surface area contributed by atoms with Crippen molar-refractivity contribution in [2.45, 2.75) is 26.4 Å². The van der Waals surface area contributed by atoms with E-state index in [4.69, 9.17) is 0 Å². The number of hydrogen-bond donors (Lipinski definition) is 1. The van der Waals surface area contributed by atoms with E-state index < -0.39 is 6.04 Å². The van der Waals surface area contributed by atoms with Crippen molar-refractivity contribution in [1.82, 2.24) is 25.0 Å². The van der Waals surface area contributed by atoms with Crippen molar-refractivity contribution in [2.75, 3.05) is 6.54 Å². The van der Waals surface area contributed by atoms with E-state index >= 15 is 0 Å². The topological polar surface area (TPSA) is 80.1 Å². The highest BCUT2D eigenvalue weighted by molar-refractivity contribution is 5.94. The van der Waals surface area contributed by atoms with Crippen molar-refractivity contribution in [2.24, 2.45) is 13.0 Å². The Bertz CT molecular complexity index is 468. The smallest absolute Gasteiger partial charge is 0.246 e. The molecule has 1 aliphatic rings. The maximum Gasteiger partial charge on any atom is 0.246 e. The number of rotatable bonds is 3.